The Hall–Kier alpha value is -1.66. The summed E-state index contributed by atoms with van der Waals surface area (Å²) in [4.78, 5) is 18.0. The number of piperidine rings is 1. The van der Waals surface area contributed by atoms with Gasteiger partial charge in [0.05, 0.1) is 5.69 Å². The second kappa shape index (κ2) is 5.38. The van der Waals surface area contributed by atoms with E-state index in [0.29, 0.717) is 10.6 Å². The largest absolute Gasteiger partial charge is 0.397 e. The first-order valence-corrected chi connectivity index (χ1v) is 7.68. The van der Waals surface area contributed by atoms with Crippen LogP contribution in [0, 0.1) is 6.92 Å². The molecule has 0 aromatic carbocycles. The minimum Gasteiger partial charge on any atom is -0.397 e. The maximum absolute atomic E-state index is 12.4. The minimum absolute atomic E-state index is 0.119. The number of nitrogens with one attached hydrogen (secondary N) is 1. The van der Waals surface area contributed by atoms with Crippen molar-refractivity contribution in [3.05, 3.63) is 22.7 Å². The van der Waals surface area contributed by atoms with Crippen LogP contribution >= 0.6 is 11.3 Å². The lowest BCUT2D eigenvalue weighted by atomic mass is 10.1. The third-order valence-corrected chi connectivity index (χ3v) is 4.77. The molecule has 1 aliphatic heterocycles. The van der Waals surface area contributed by atoms with Gasteiger partial charge in [0.1, 0.15) is 9.71 Å². The van der Waals surface area contributed by atoms with Crippen LogP contribution in [0.4, 0.5) is 5.69 Å². The number of anilines is 1. The van der Waals surface area contributed by atoms with Gasteiger partial charge in [-0.3, -0.25) is 10.2 Å². The molecule has 5 nitrogen and oxygen atoms in total. The lowest BCUT2D eigenvalue weighted by Crippen LogP contribution is -2.44. The van der Waals surface area contributed by atoms with Crippen LogP contribution in [0.25, 0.3) is 10.2 Å². The van der Waals surface area contributed by atoms with E-state index in [2.05, 4.69) is 10.4 Å². The van der Waals surface area contributed by atoms with E-state index >= 15 is 0 Å². The summed E-state index contributed by atoms with van der Waals surface area (Å²) in [5.41, 5.74) is 10.7. The molecule has 0 bridgehead atoms. The fourth-order valence-electron chi connectivity index (χ4n) is 2.57. The van der Waals surface area contributed by atoms with Gasteiger partial charge < -0.3 is 5.73 Å². The van der Waals surface area contributed by atoms with Crippen molar-refractivity contribution in [1.82, 2.24) is 15.4 Å². The second-order valence-corrected chi connectivity index (χ2v) is 6.14. The molecular weight excluding hydrogens is 272 g/mol. The Morgan fingerprint density at radius 3 is 2.85 bits per heavy atom. The molecule has 1 fully saturated rings. The van der Waals surface area contributed by atoms with E-state index in [0.717, 1.165) is 41.7 Å². The fourth-order valence-corrected chi connectivity index (χ4v) is 3.60. The normalized spacial score (nSPS) is 16.4. The zero-order valence-electron chi connectivity index (χ0n) is 11.5. The molecular formula is C14H18N4OS. The molecule has 0 saturated carbocycles. The van der Waals surface area contributed by atoms with Gasteiger partial charge in [-0.2, -0.15) is 0 Å². The van der Waals surface area contributed by atoms with Gasteiger partial charge in [0.25, 0.3) is 5.91 Å². The maximum Gasteiger partial charge on any atom is 0.277 e. The van der Waals surface area contributed by atoms with Crippen LogP contribution in [0.5, 0.6) is 0 Å². The van der Waals surface area contributed by atoms with E-state index in [1.807, 2.05) is 18.0 Å². The standard InChI is InChI=1S/C14H18N4OS/c1-9-5-6-16-14-10(9)11(15)12(20-14)13(19)17-18-7-3-2-4-8-18/h5-6H,2-4,7-8,15H2,1H3,(H,17,19). The maximum atomic E-state index is 12.4. The van der Waals surface area contributed by atoms with Gasteiger partial charge in [0.15, 0.2) is 0 Å². The molecule has 0 radical (unpaired) electrons. The molecule has 1 aliphatic rings. The van der Waals surface area contributed by atoms with Crippen LogP contribution in [-0.4, -0.2) is 29.0 Å². The predicted octanol–water partition coefficient (Wildman–Crippen LogP) is 2.32. The quantitative estimate of drug-likeness (QED) is 0.890. The molecule has 2 aromatic rings. The average Bonchev–Trinajstić information content (AvgIpc) is 2.79. The summed E-state index contributed by atoms with van der Waals surface area (Å²) in [5, 5.41) is 2.89. The van der Waals surface area contributed by atoms with Crippen molar-refractivity contribution < 1.29 is 4.79 Å². The highest BCUT2D eigenvalue weighted by Crippen LogP contribution is 2.34. The molecule has 0 unspecified atom stereocenters. The number of nitrogens with two attached hydrogens (primary N) is 1. The Kier molecular flexibility index (Phi) is 3.58. The Bertz CT molecular complexity index is 646. The molecule has 20 heavy (non-hydrogen) atoms. The summed E-state index contributed by atoms with van der Waals surface area (Å²) in [6.07, 6.45) is 5.24. The number of thiophene rings is 1. The first kappa shape index (κ1) is 13.3. The van der Waals surface area contributed by atoms with Gasteiger partial charge >= 0.3 is 0 Å². The molecule has 0 spiro atoms. The zero-order chi connectivity index (χ0) is 14.1. The van der Waals surface area contributed by atoms with Crippen molar-refractivity contribution in [2.45, 2.75) is 26.2 Å². The summed E-state index contributed by atoms with van der Waals surface area (Å²) < 4.78 is 0. The van der Waals surface area contributed by atoms with Gasteiger partial charge in [-0.1, -0.05) is 6.42 Å². The smallest absolute Gasteiger partial charge is 0.277 e. The van der Waals surface area contributed by atoms with Crippen LogP contribution in [0.2, 0.25) is 0 Å². The SMILES string of the molecule is Cc1ccnc2sc(C(=O)NN3CCCCC3)c(N)c12. The highest BCUT2D eigenvalue weighted by atomic mass is 32.1. The number of hydrogen-bond donors (Lipinski definition) is 2. The monoisotopic (exact) mass is 290 g/mol. The number of carbonyl (C=O) groups excluding carboxylic acids is 1. The van der Waals surface area contributed by atoms with Crippen LogP contribution in [0.1, 0.15) is 34.5 Å². The fraction of sp³-hybridized carbons (Fsp3) is 0.429. The molecule has 0 aliphatic carbocycles. The highest BCUT2D eigenvalue weighted by Gasteiger charge is 2.20. The van der Waals surface area contributed by atoms with Crippen molar-refractivity contribution in [1.29, 1.82) is 0 Å². The number of nitrogens with zero attached hydrogens (tertiary/aromatic N) is 2. The van der Waals surface area contributed by atoms with Crippen molar-refractivity contribution >= 4 is 33.1 Å². The number of aryl methyl sites for hydroxylation is 1. The summed E-state index contributed by atoms with van der Waals surface area (Å²) in [5.74, 6) is -0.119. The number of hydrogen-bond acceptors (Lipinski definition) is 5. The van der Waals surface area contributed by atoms with Crippen molar-refractivity contribution in [2.75, 3.05) is 18.8 Å². The number of nitrogen functional groups attached to an aromatic ring is 1. The Labute approximate surface area is 121 Å². The van der Waals surface area contributed by atoms with E-state index in [-0.39, 0.29) is 5.91 Å². The minimum atomic E-state index is -0.119. The summed E-state index contributed by atoms with van der Waals surface area (Å²) in [7, 11) is 0. The van der Waals surface area contributed by atoms with Crippen molar-refractivity contribution in [3.8, 4) is 0 Å². The molecule has 3 heterocycles. The van der Waals surface area contributed by atoms with Crippen LogP contribution in [0.15, 0.2) is 12.3 Å². The van der Waals surface area contributed by atoms with Gasteiger partial charge in [-0.15, -0.1) is 11.3 Å². The average molecular weight is 290 g/mol. The third-order valence-electron chi connectivity index (χ3n) is 3.66. The van der Waals surface area contributed by atoms with Gasteiger partial charge in [0.2, 0.25) is 0 Å². The molecule has 3 N–H and O–H groups in total. The van der Waals surface area contributed by atoms with Crippen LogP contribution < -0.4 is 11.2 Å². The number of aromatic nitrogens is 1. The van der Waals surface area contributed by atoms with Crippen LogP contribution in [0.3, 0.4) is 0 Å². The molecule has 106 valence electrons. The third kappa shape index (κ3) is 2.36. The molecule has 3 rings (SSSR count). The topological polar surface area (TPSA) is 71.2 Å². The number of pyridine rings is 1. The number of rotatable bonds is 2. The Balaban J connectivity index is 1.87. The Morgan fingerprint density at radius 1 is 1.40 bits per heavy atom. The molecule has 1 amide bonds. The lowest BCUT2D eigenvalue weighted by Gasteiger charge is -2.26. The van der Waals surface area contributed by atoms with E-state index in [1.54, 1.807) is 6.20 Å². The Morgan fingerprint density at radius 2 is 2.15 bits per heavy atom. The predicted molar refractivity (Wildman–Crippen MR) is 81.7 cm³/mol. The number of hydrazine groups is 1. The second-order valence-electron chi connectivity index (χ2n) is 5.14. The first-order chi connectivity index (χ1) is 9.66. The van der Waals surface area contributed by atoms with Gasteiger partial charge in [0, 0.05) is 24.7 Å². The molecule has 2 aromatic heterocycles. The molecule has 0 atom stereocenters. The highest BCUT2D eigenvalue weighted by molar-refractivity contribution is 7.21. The number of amides is 1. The number of carbonyl (C=O) groups is 1. The van der Waals surface area contributed by atoms with E-state index < -0.39 is 0 Å². The van der Waals surface area contributed by atoms with Crippen molar-refractivity contribution in [2.24, 2.45) is 0 Å². The van der Waals surface area contributed by atoms with E-state index in [9.17, 15) is 4.79 Å². The van der Waals surface area contributed by atoms with Crippen molar-refractivity contribution in [3.63, 3.8) is 0 Å². The lowest BCUT2D eigenvalue weighted by molar-refractivity contribution is 0.0755. The zero-order valence-corrected chi connectivity index (χ0v) is 12.3. The van der Waals surface area contributed by atoms with E-state index in [4.69, 9.17) is 5.73 Å². The van der Waals surface area contributed by atoms with E-state index in [1.165, 1.54) is 17.8 Å². The summed E-state index contributed by atoms with van der Waals surface area (Å²) in [6, 6.07) is 1.91. The van der Waals surface area contributed by atoms with Gasteiger partial charge in [-0.05, 0) is 31.4 Å². The molecule has 6 heteroatoms. The summed E-state index contributed by atoms with van der Waals surface area (Å²) >= 11 is 1.36. The van der Waals surface area contributed by atoms with Crippen LogP contribution in [-0.2, 0) is 0 Å². The first-order valence-electron chi connectivity index (χ1n) is 6.86. The molecule has 1 saturated heterocycles. The summed E-state index contributed by atoms with van der Waals surface area (Å²) in [6.45, 7) is 3.81. The van der Waals surface area contributed by atoms with Gasteiger partial charge in [-0.25, -0.2) is 9.99 Å². The number of fused-ring (bicyclic) bond motifs is 1.